The normalized spacial score (nSPS) is 18.8. The van der Waals surface area contributed by atoms with Crippen molar-refractivity contribution in [2.24, 2.45) is 5.92 Å². The summed E-state index contributed by atoms with van der Waals surface area (Å²) < 4.78 is 4.55. The van der Waals surface area contributed by atoms with E-state index < -0.39 is 0 Å². The molecule has 0 bridgehead atoms. The molecular formula is C31H31BrClN5O3. The molecule has 2 amide bonds. The van der Waals surface area contributed by atoms with E-state index in [0.29, 0.717) is 35.5 Å². The molecule has 3 heterocycles. The van der Waals surface area contributed by atoms with Gasteiger partial charge in [-0.05, 0) is 71.8 Å². The van der Waals surface area contributed by atoms with Crippen LogP contribution in [0.4, 0.5) is 0 Å². The first kappa shape index (κ1) is 27.7. The van der Waals surface area contributed by atoms with Crippen LogP contribution in [0.3, 0.4) is 0 Å². The van der Waals surface area contributed by atoms with Crippen LogP contribution in [-0.2, 0) is 24.2 Å². The molecule has 0 unspecified atom stereocenters. The fraction of sp³-hybridized carbons (Fsp3) is 0.355. The number of carbonyl (C=O) groups is 2. The number of halogens is 2. The van der Waals surface area contributed by atoms with Gasteiger partial charge in [0, 0.05) is 53.1 Å². The Labute approximate surface area is 251 Å². The first-order valence-electron chi connectivity index (χ1n) is 14.0. The van der Waals surface area contributed by atoms with Gasteiger partial charge in [-0.1, -0.05) is 41.9 Å². The predicted molar refractivity (Wildman–Crippen MR) is 161 cm³/mol. The van der Waals surface area contributed by atoms with Crippen LogP contribution in [0, 0.1) is 5.92 Å². The van der Waals surface area contributed by atoms with E-state index in [1.165, 1.54) is 0 Å². The highest BCUT2D eigenvalue weighted by molar-refractivity contribution is 9.10. The summed E-state index contributed by atoms with van der Waals surface area (Å²) >= 11 is 9.66. The van der Waals surface area contributed by atoms with Gasteiger partial charge < -0.3 is 10.2 Å². The van der Waals surface area contributed by atoms with Gasteiger partial charge in [-0.25, -0.2) is 4.52 Å². The van der Waals surface area contributed by atoms with Crippen molar-refractivity contribution < 1.29 is 9.59 Å². The quantitative estimate of drug-likeness (QED) is 0.327. The Bertz CT molecular complexity index is 1690. The van der Waals surface area contributed by atoms with E-state index in [2.05, 4.69) is 33.4 Å². The number of aromatic nitrogens is 3. The molecule has 0 radical (unpaired) electrons. The van der Waals surface area contributed by atoms with E-state index in [-0.39, 0.29) is 35.9 Å². The van der Waals surface area contributed by atoms with Crippen LogP contribution < -0.4 is 10.9 Å². The van der Waals surface area contributed by atoms with E-state index in [1.807, 2.05) is 33.5 Å². The summed E-state index contributed by atoms with van der Waals surface area (Å²) in [5, 5.41) is 8.05. The molecule has 10 heteroatoms. The first-order chi connectivity index (χ1) is 19.9. The Morgan fingerprint density at radius 2 is 1.85 bits per heavy atom. The predicted octanol–water partition coefficient (Wildman–Crippen LogP) is 5.18. The third kappa shape index (κ3) is 5.21. The molecule has 1 N–H and O–H groups in total. The van der Waals surface area contributed by atoms with Crippen LogP contribution in [0.1, 0.15) is 64.5 Å². The first-order valence-corrected chi connectivity index (χ1v) is 15.2. The monoisotopic (exact) mass is 635 g/mol. The van der Waals surface area contributed by atoms with Crippen molar-refractivity contribution in [3.8, 4) is 0 Å². The number of benzene rings is 2. The van der Waals surface area contributed by atoms with Crippen LogP contribution in [0.5, 0.6) is 0 Å². The van der Waals surface area contributed by atoms with Gasteiger partial charge in [-0.3, -0.25) is 19.0 Å². The molecule has 1 fully saturated rings. The minimum absolute atomic E-state index is 0.00973. The Morgan fingerprint density at radius 3 is 2.56 bits per heavy atom. The summed E-state index contributed by atoms with van der Waals surface area (Å²) in [5.41, 5.74) is 4.83. The maximum atomic E-state index is 14.2. The van der Waals surface area contributed by atoms with Gasteiger partial charge in [0.05, 0.1) is 23.5 Å². The molecule has 2 aromatic carbocycles. The number of carbonyl (C=O) groups excluding carboxylic acids is 2. The number of amides is 2. The minimum atomic E-state index is -0.133. The second-order valence-electron chi connectivity index (χ2n) is 10.9. The minimum Gasteiger partial charge on any atom is -0.359 e. The SMILES string of the molecule is CNC(=O)C1CCC(n2c(=O)c3c(n4ncc(Cc5ccccc5)c24)CN(C(=O)c2ccc(Br)c(Cl)c2)CC3)CC1. The van der Waals surface area contributed by atoms with E-state index in [9.17, 15) is 14.4 Å². The van der Waals surface area contributed by atoms with E-state index in [1.54, 1.807) is 30.1 Å². The Balaban J connectivity index is 1.41. The number of fused-ring (bicyclic) bond motifs is 3. The van der Waals surface area contributed by atoms with Crippen molar-refractivity contribution in [3.63, 3.8) is 0 Å². The van der Waals surface area contributed by atoms with Crippen LogP contribution in [0.25, 0.3) is 5.65 Å². The van der Waals surface area contributed by atoms with Crippen molar-refractivity contribution in [2.75, 3.05) is 13.6 Å². The lowest BCUT2D eigenvalue weighted by atomic mass is 9.85. The molecule has 41 heavy (non-hydrogen) atoms. The van der Waals surface area contributed by atoms with Crippen LogP contribution in [0.15, 0.2) is 64.0 Å². The summed E-state index contributed by atoms with van der Waals surface area (Å²) in [4.78, 5) is 41.8. The molecule has 2 aromatic heterocycles. The van der Waals surface area contributed by atoms with Crippen molar-refractivity contribution in [2.45, 2.75) is 51.1 Å². The smallest absolute Gasteiger partial charge is 0.257 e. The Hall–Kier alpha value is -3.43. The maximum Gasteiger partial charge on any atom is 0.257 e. The summed E-state index contributed by atoms with van der Waals surface area (Å²) in [6, 6.07) is 15.3. The molecule has 4 aromatic rings. The highest BCUT2D eigenvalue weighted by atomic mass is 79.9. The zero-order valence-corrected chi connectivity index (χ0v) is 25.1. The molecule has 0 spiro atoms. The Morgan fingerprint density at radius 1 is 1.10 bits per heavy atom. The largest absolute Gasteiger partial charge is 0.359 e. The second-order valence-corrected chi connectivity index (χ2v) is 12.2. The van der Waals surface area contributed by atoms with Gasteiger partial charge in [0.2, 0.25) is 5.91 Å². The lowest BCUT2D eigenvalue weighted by Gasteiger charge is -2.33. The third-order valence-corrected chi connectivity index (χ3v) is 9.70. The molecule has 8 nitrogen and oxygen atoms in total. The second kappa shape index (κ2) is 11.4. The topological polar surface area (TPSA) is 88.7 Å². The lowest BCUT2D eigenvalue weighted by Crippen LogP contribution is -2.42. The van der Waals surface area contributed by atoms with Crippen LogP contribution in [0.2, 0.25) is 5.02 Å². The third-order valence-electron chi connectivity index (χ3n) is 8.47. The molecule has 0 atom stereocenters. The van der Waals surface area contributed by atoms with Gasteiger partial charge in [0.15, 0.2) is 0 Å². The molecule has 1 aliphatic heterocycles. The summed E-state index contributed by atoms with van der Waals surface area (Å²) in [6.45, 7) is 0.714. The van der Waals surface area contributed by atoms with E-state index >= 15 is 0 Å². The van der Waals surface area contributed by atoms with Gasteiger partial charge >= 0.3 is 0 Å². The summed E-state index contributed by atoms with van der Waals surface area (Å²) in [6.07, 6.45) is 5.90. The average Bonchev–Trinajstić information content (AvgIpc) is 3.41. The maximum absolute atomic E-state index is 14.2. The van der Waals surface area contributed by atoms with Crippen LogP contribution in [-0.4, -0.2) is 44.5 Å². The van der Waals surface area contributed by atoms with Gasteiger partial charge in [-0.2, -0.15) is 5.10 Å². The number of nitrogens with one attached hydrogen (secondary N) is 1. The van der Waals surface area contributed by atoms with Crippen molar-refractivity contribution in [1.82, 2.24) is 24.4 Å². The number of hydrogen-bond acceptors (Lipinski definition) is 4. The molecule has 1 saturated carbocycles. The fourth-order valence-corrected chi connectivity index (χ4v) is 6.74. The lowest BCUT2D eigenvalue weighted by molar-refractivity contribution is -0.125. The standard InChI is InChI=1S/C31H31BrClN5O3/c1-34-28(39)20-7-10-23(11-8-20)37-29-22(15-19-5-3-2-4-6-19)17-35-38(29)27-18-36(14-13-24(27)31(37)41)30(40)21-9-12-25(32)26(33)16-21/h2-6,9,12,16-17,20,23H,7-8,10-11,13-15,18H2,1H3,(H,34,39). The highest BCUT2D eigenvalue weighted by Crippen LogP contribution is 2.34. The molecule has 1 aliphatic carbocycles. The highest BCUT2D eigenvalue weighted by Gasteiger charge is 2.33. The van der Waals surface area contributed by atoms with Crippen LogP contribution >= 0.6 is 27.5 Å². The summed E-state index contributed by atoms with van der Waals surface area (Å²) in [5.74, 6) is -0.0927. The van der Waals surface area contributed by atoms with Crippen molar-refractivity contribution in [1.29, 1.82) is 0 Å². The molecular weight excluding hydrogens is 606 g/mol. The van der Waals surface area contributed by atoms with Gasteiger partial charge in [0.1, 0.15) is 5.65 Å². The molecule has 212 valence electrons. The zero-order chi connectivity index (χ0) is 28.7. The molecule has 0 saturated heterocycles. The molecule has 2 aliphatic rings. The fourth-order valence-electron chi connectivity index (χ4n) is 6.31. The average molecular weight is 637 g/mol. The zero-order valence-electron chi connectivity index (χ0n) is 22.8. The van der Waals surface area contributed by atoms with Crippen molar-refractivity contribution in [3.05, 3.63) is 103 Å². The number of hydrogen-bond donors (Lipinski definition) is 1. The summed E-state index contributed by atoms with van der Waals surface area (Å²) in [7, 11) is 1.67. The Kier molecular flexibility index (Phi) is 7.74. The number of nitrogens with zero attached hydrogens (tertiary/aromatic N) is 4. The molecule has 6 rings (SSSR count). The van der Waals surface area contributed by atoms with Gasteiger partial charge in [0.25, 0.3) is 11.5 Å². The number of rotatable bonds is 5. The van der Waals surface area contributed by atoms with E-state index in [4.69, 9.17) is 16.7 Å². The van der Waals surface area contributed by atoms with Crippen molar-refractivity contribution >= 4 is 45.0 Å². The van der Waals surface area contributed by atoms with E-state index in [0.717, 1.165) is 52.6 Å². The van der Waals surface area contributed by atoms with Gasteiger partial charge in [-0.15, -0.1) is 0 Å².